The van der Waals surface area contributed by atoms with Gasteiger partial charge in [0.05, 0.1) is 16.9 Å². The van der Waals surface area contributed by atoms with Crippen molar-refractivity contribution in [3.63, 3.8) is 0 Å². The second-order valence-corrected chi connectivity index (χ2v) is 8.95. The van der Waals surface area contributed by atoms with E-state index in [2.05, 4.69) is 15.5 Å². The standard InChI is InChI=1S/C23H19N3O4S/c1-31(28,29)20-10-6-5-9-19(20)22-25-26-23(30-22)24-21(27)15-16-11-13-18(14-12-16)17-7-3-2-4-8-17/h2-14H,15H2,1H3,(H,24,26,27). The van der Waals surface area contributed by atoms with Crippen LogP contribution in [0.4, 0.5) is 6.01 Å². The molecule has 0 fully saturated rings. The minimum Gasteiger partial charge on any atom is -0.403 e. The Morgan fingerprint density at radius 3 is 2.23 bits per heavy atom. The summed E-state index contributed by atoms with van der Waals surface area (Å²) in [7, 11) is -3.47. The number of nitrogens with one attached hydrogen (secondary N) is 1. The Hall–Kier alpha value is -3.78. The quantitative estimate of drug-likeness (QED) is 0.493. The first-order valence-electron chi connectivity index (χ1n) is 9.47. The van der Waals surface area contributed by atoms with Gasteiger partial charge in [0.15, 0.2) is 9.84 Å². The molecule has 0 unspecified atom stereocenters. The molecule has 0 saturated heterocycles. The lowest BCUT2D eigenvalue weighted by molar-refractivity contribution is -0.115. The van der Waals surface area contributed by atoms with Gasteiger partial charge in [0.2, 0.25) is 5.91 Å². The third-order valence-corrected chi connectivity index (χ3v) is 5.77. The van der Waals surface area contributed by atoms with Gasteiger partial charge in [-0.3, -0.25) is 10.1 Å². The van der Waals surface area contributed by atoms with Crippen molar-refractivity contribution in [3.8, 4) is 22.6 Å². The van der Waals surface area contributed by atoms with Crippen LogP contribution >= 0.6 is 0 Å². The number of sulfone groups is 1. The Kier molecular flexibility index (Phi) is 5.64. The molecular weight excluding hydrogens is 414 g/mol. The van der Waals surface area contributed by atoms with Crippen LogP contribution in [0.3, 0.4) is 0 Å². The van der Waals surface area contributed by atoms with Crippen molar-refractivity contribution in [1.82, 2.24) is 10.2 Å². The van der Waals surface area contributed by atoms with Crippen LogP contribution in [-0.4, -0.2) is 30.8 Å². The highest BCUT2D eigenvalue weighted by Crippen LogP contribution is 2.27. The summed E-state index contributed by atoms with van der Waals surface area (Å²) in [6, 6.07) is 23.9. The molecule has 1 aromatic heterocycles. The molecule has 31 heavy (non-hydrogen) atoms. The van der Waals surface area contributed by atoms with Gasteiger partial charge >= 0.3 is 6.01 Å². The molecule has 4 rings (SSSR count). The van der Waals surface area contributed by atoms with E-state index in [0.29, 0.717) is 0 Å². The lowest BCUT2D eigenvalue weighted by atomic mass is 10.0. The summed E-state index contributed by atoms with van der Waals surface area (Å²) in [4.78, 5) is 12.5. The fourth-order valence-corrected chi connectivity index (χ4v) is 4.02. The molecule has 0 aliphatic rings. The van der Waals surface area contributed by atoms with Gasteiger partial charge in [-0.2, -0.15) is 0 Å². The Morgan fingerprint density at radius 2 is 1.52 bits per heavy atom. The molecule has 0 aliphatic heterocycles. The van der Waals surface area contributed by atoms with Crippen LogP contribution in [0.25, 0.3) is 22.6 Å². The highest BCUT2D eigenvalue weighted by molar-refractivity contribution is 7.90. The number of amides is 1. The van der Waals surface area contributed by atoms with E-state index in [1.54, 1.807) is 18.2 Å². The molecule has 156 valence electrons. The highest BCUT2D eigenvalue weighted by Gasteiger charge is 2.19. The molecule has 0 atom stereocenters. The van der Waals surface area contributed by atoms with Gasteiger partial charge in [-0.25, -0.2) is 8.42 Å². The molecule has 0 spiro atoms. The summed E-state index contributed by atoms with van der Waals surface area (Å²) in [5, 5.41) is 10.2. The molecule has 1 N–H and O–H groups in total. The van der Waals surface area contributed by atoms with E-state index >= 15 is 0 Å². The van der Waals surface area contributed by atoms with E-state index in [0.717, 1.165) is 22.9 Å². The first-order valence-corrected chi connectivity index (χ1v) is 11.4. The summed E-state index contributed by atoms with van der Waals surface area (Å²) < 4.78 is 29.4. The SMILES string of the molecule is CS(=O)(=O)c1ccccc1-c1nnc(NC(=O)Cc2ccc(-c3ccccc3)cc2)o1. The number of carbonyl (C=O) groups excluding carboxylic acids is 1. The van der Waals surface area contributed by atoms with Crippen molar-refractivity contribution >= 4 is 21.8 Å². The molecule has 8 heteroatoms. The van der Waals surface area contributed by atoms with E-state index in [1.165, 1.54) is 6.07 Å². The van der Waals surface area contributed by atoms with Crippen LogP contribution in [0.2, 0.25) is 0 Å². The van der Waals surface area contributed by atoms with Crippen molar-refractivity contribution in [1.29, 1.82) is 0 Å². The maximum atomic E-state index is 12.4. The van der Waals surface area contributed by atoms with Crippen LogP contribution in [0.5, 0.6) is 0 Å². The van der Waals surface area contributed by atoms with Crippen LogP contribution in [0, 0.1) is 0 Å². The lowest BCUT2D eigenvalue weighted by Crippen LogP contribution is -2.14. The summed E-state index contributed by atoms with van der Waals surface area (Å²) in [5.41, 5.74) is 3.29. The van der Waals surface area contributed by atoms with Crippen molar-refractivity contribution in [2.45, 2.75) is 11.3 Å². The summed E-state index contributed by atoms with van der Waals surface area (Å²) in [6.45, 7) is 0. The lowest BCUT2D eigenvalue weighted by Gasteiger charge is -2.05. The number of rotatable bonds is 6. The number of nitrogens with zero attached hydrogens (tertiary/aromatic N) is 2. The van der Waals surface area contributed by atoms with E-state index in [-0.39, 0.29) is 34.7 Å². The second kappa shape index (κ2) is 8.53. The molecule has 0 saturated carbocycles. The Labute approximate surface area is 179 Å². The Balaban J connectivity index is 1.44. The number of carbonyl (C=O) groups is 1. The minimum absolute atomic E-state index is 0.0172. The van der Waals surface area contributed by atoms with Gasteiger partial charge in [-0.15, -0.1) is 5.10 Å². The molecule has 0 aliphatic carbocycles. The summed E-state index contributed by atoms with van der Waals surface area (Å²) >= 11 is 0. The molecule has 4 aromatic rings. The van der Waals surface area contributed by atoms with Crippen LogP contribution in [-0.2, 0) is 21.1 Å². The van der Waals surface area contributed by atoms with Gasteiger partial charge in [-0.1, -0.05) is 71.8 Å². The average Bonchev–Trinajstić information content (AvgIpc) is 3.22. The minimum atomic E-state index is -3.47. The number of aromatic nitrogens is 2. The molecule has 0 bridgehead atoms. The number of hydrogen-bond donors (Lipinski definition) is 1. The van der Waals surface area contributed by atoms with Crippen LogP contribution < -0.4 is 5.32 Å². The topological polar surface area (TPSA) is 102 Å². The van der Waals surface area contributed by atoms with Crippen molar-refractivity contribution in [3.05, 3.63) is 84.4 Å². The van der Waals surface area contributed by atoms with Gasteiger partial charge < -0.3 is 4.42 Å². The largest absolute Gasteiger partial charge is 0.403 e. The molecule has 0 radical (unpaired) electrons. The first kappa shape index (κ1) is 20.5. The average molecular weight is 433 g/mol. The molecule has 7 nitrogen and oxygen atoms in total. The smallest absolute Gasteiger partial charge is 0.322 e. The van der Waals surface area contributed by atoms with E-state index in [4.69, 9.17) is 4.42 Å². The fraction of sp³-hybridized carbons (Fsp3) is 0.0870. The second-order valence-electron chi connectivity index (χ2n) is 6.97. The summed E-state index contributed by atoms with van der Waals surface area (Å²) in [5.74, 6) is -0.303. The third-order valence-electron chi connectivity index (χ3n) is 4.61. The fourth-order valence-electron chi connectivity index (χ4n) is 3.14. The maximum Gasteiger partial charge on any atom is 0.322 e. The number of hydrogen-bond acceptors (Lipinski definition) is 6. The molecule has 1 amide bonds. The van der Waals surface area contributed by atoms with Crippen LogP contribution in [0.1, 0.15) is 5.56 Å². The predicted octanol–water partition coefficient (Wildman–Crippen LogP) is 3.99. The van der Waals surface area contributed by atoms with Crippen LogP contribution in [0.15, 0.2) is 88.2 Å². The highest BCUT2D eigenvalue weighted by atomic mass is 32.2. The van der Waals surface area contributed by atoms with Crippen molar-refractivity contribution in [2.24, 2.45) is 0 Å². The third kappa shape index (κ3) is 4.87. The molecule has 1 heterocycles. The van der Waals surface area contributed by atoms with E-state index < -0.39 is 9.84 Å². The van der Waals surface area contributed by atoms with Gasteiger partial charge in [-0.05, 0) is 28.8 Å². The zero-order chi connectivity index (χ0) is 21.8. The Bertz CT molecular complexity index is 1310. The maximum absolute atomic E-state index is 12.4. The monoisotopic (exact) mass is 433 g/mol. The number of benzene rings is 3. The van der Waals surface area contributed by atoms with Gasteiger partial charge in [0, 0.05) is 6.26 Å². The molecule has 3 aromatic carbocycles. The predicted molar refractivity (Wildman–Crippen MR) is 117 cm³/mol. The first-order chi connectivity index (χ1) is 14.9. The van der Waals surface area contributed by atoms with Gasteiger partial charge in [0.1, 0.15) is 0 Å². The Morgan fingerprint density at radius 1 is 0.871 bits per heavy atom. The zero-order valence-corrected chi connectivity index (χ0v) is 17.5. The van der Waals surface area contributed by atoms with E-state index in [9.17, 15) is 13.2 Å². The van der Waals surface area contributed by atoms with E-state index in [1.807, 2.05) is 54.6 Å². The molecular formula is C23H19N3O4S. The summed E-state index contributed by atoms with van der Waals surface area (Å²) in [6.07, 6.45) is 1.24. The van der Waals surface area contributed by atoms with Gasteiger partial charge in [0.25, 0.3) is 5.89 Å². The number of anilines is 1. The zero-order valence-electron chi connectivity index (χ0n) is 16.6. The van der Waals surface area contributed by atoms with Crippen molar-refractivity contribution in [2.75, 3.05) is 11.6 Å². The normalized spacial score (nSPS) is 11.3. The van der Waals surface area contributed by atoms with Crippen molar-refractivity contribution < 1.29 is 17.6 Å².